The minimum absolute atomic E-state index is 0.396. The molecule has 4 rings (SSSR count). The summed E-state index contributed by atoms with van der Waals surface area (Å²) in [5, 5.41) is 14.8. The Balaban J connectivity index is 1.63. The highest BCUT2D eigenvalue weighted by Gasteiger charge is 2.12. The SMILES string of the molecule is C=C(CCC)Nc1cccc(-c2ncc(OCCOC)c(Nc3ccc4[nH]ncc4c3)n2)c1. The third-order valence-electron chi connectivity index (χ3n) is 5.00. The highest BCUT2D eigenvalue weighted by Crippen LogP contribution is 2.30. The van der Waals surface area contributed by atoms with Crippen molar-refractivity contribution >= 4 is 28.1 Å². The first-order valence-electron chi connectivity index (χ1n) is 10.9. The van der Waals surface area contributed by atoms with Crippen molar-refractivity contribution in [3.8, 4) is 17.1 Å². The Morgan fingerprint density at radius 1 is 1.09 bits per heavy atom. The normalized spacial score (nSPS) is 10.8. The molecule has 33 heavy (non-hydrogen) atoms. The molecule has 0 bridgehead atoms. The van der Waals surface area contributed by atoms with Crippen LogP contribution in [0.15, 0.2) is 67.1 Å². The number of H-pyrrole nitrogens is 1. The summed E-state index contributed by atoms with van der Waals surface area (Å²) in [5.41, 5.74) is 4.66. The minimum atomic E-state index is 0.396. The predicted molar refractivity (Wildman–Crippen MR) is 132 cm³/mol. The van der Waals surface area contributed by atoms with Crippen molar-refractivity contribution < 1.29 is 9.47 Å². The van der Waals surface area contributed by atoms with E-state index in [0.717, 1.165) is 46.4 Å². The van der Waals surface area contributed by atoms with Crippen LogP contribution in [0.2, 0.25) is 0 Å². The number of anilines is 3. The smallest absolute Gasteiger partial charge is 0.180 e. The maximum absolute atomic E-state index is 5.86. The molecule has 2 aromatic heterocycles. The van der Waals surface area contributed by atoms with Crippen LogP contribution in [0.3, 0.4) is 0 Å². The van der Waals surface area contributed by atoms with E-state index in [0.29, 0.717) is 30.6 Å². The molecule has 3 N–H and O–H groups in total. The van der Waals surface area contributed by atoms with Crippen LogP contribution in [0.1, 0.15) is 19.8 Å². The van der Waals surface area contributed by atoms with Gasteiger partial charge in [-0.05, 0) is 36.8 Å². The van der Waals surface area contributed by atoms with E-state index in [1.165, 1.54) is 0 Å². The molecule has 0 aliphatic rings. The van der Waals surface area contributed by atoms with Crippen molar-refractivity contribution in [3.63, 3.8) is 0 Å². The van der Waals surface area contributed by atoms with Gasteiger partial charge in [-0.15, -0.1) is 0 Å². The van der Waals surface area contributed by atoms with Crippen LogP contribution >= 0.6 is 0 Å². The molecule has 0 aliphatic carbocycles. The summed E-state index contributed by atoms with van der Waals surface area (Å²) < 4.78 is 11.0. The van der Waals surface area contributed by atoms with Crippen molar-refractivity contribution in [1.82, 2.24) is 20.2 Å². The molecule has 0 aliphatic heterocycles. The lowest BCUT2D eigenvalue weighted by molar-refractivity contribution is 0.146. The molecule has 0 atom stereocenters. The zero-order valence-corrected chi connectivity index (χ0v) is 18.9. The number of aromatic amines is 1. The molecule has 0 spiro atoms. The minimum Gasteiger partial charge on any atom is -0.486 e. The van der Waals surface area contributed by atoms with Gasteiger partial charge < -0.3 is 20.1 Å². The molecular weight excluding hydrogens is 416 g/mol. The lowest BCUT2D eigenvalue weighted by Crippen LogP contribution is -2.08. The lowest BCUT2D eigenvalue weighted by atomic mass is 10.1. The number of aromatic nitrogens is 4. The zero-order valence-electron chi connectivity index (χ0n) is 18.9. The van der Waals surface area contributed by atoms with E-state index in [-0.39, 0.29) is 0 Å². The summed E-state index contributed by atoms with van der Waals surface area (Å²) in [4.78, 5) is 9.33. The molecule has 0 fully saturated rings. The van der Waals surface area contributed by atoms with Gasteiger partial charge in [0.2, 0.25) is 0 Å². The second-order valence-electron chi connectivity index (χ2n) is 7.60. The summed E-state index contributed by atoms with van der Waals surface area (Å²) in [6, 6.07) is 13.9. The third-order valence-corrected chi connectivity index (χ3v) is 5.00. The van der Waals surface area contributed by atoms with Crippen LogP contribution in [-0.4, -0.2) is 40.5 Å². The van der Waals surface area contributed by atoms with E-state index >= 15 is 0 Å². The van der Waals surface area contributed by atoms with E-state index in [4.69, 9.17) is 14.5 Å². The molecule has 8 heteroatoms. The van der Waals surface area contributed by atoms with Gasteiger partial charge in [0.15, 0.2) is 17.4 Å². The van der Waals surface area contributed by atoms with Crippen LogP contribution in [0.25, 0.3) is 22.3 Å². The van der Waals surface area contributed by atoms with Gasteiger partial charge in [-0.3, -0.25) is 5.10 Å². The molecule has 2 aromatic carbocycles. The molecule has 4 aromatic rings. The number of allylic oxidation sites excluding steroid dienone is 1. The topological polar surface area (TPSA) is 97.0 Å². The zero-order chi connectivity index (χ0) is 23.0. The highest BCUT2D eigenvalue weighted by atomic mass is 16.5. The van der Waals surface area contributed by atoms with Crippen molar-refractivity contribution in [2.75, 3.05) is 31.0 Å². The quantitative estimate of drug-likeness (QED) is 0.262. The van der Waals surface area contributed by atoms with Crippen LogP contribution < -0.4 is 15.4 Å². The van der Waals surface area contributed by atoms with Gasteiger partial charge in [0.1, 0.15) is 6.61 Å². The summed E-state index contributed by atoms with van der Waals surface area (Å²) in [5.74, 6) is 1.71. The lowest BCUT2D eigenvalue weighted by Gasteiger charge is -2.14. The Bertz CT molecular complexity index is 1240. The number of nitrogens with zero attached hydrogens (tertiary/aromatic N) is 3. The Morgan fingerprint density at radius 3 is 2.85 bits per heavy atom. The number of nitrogens with one attached hydrogen (secondary N) is 3. The molecule has 0 saturated heterocycles. The average Bonchev–Trinajstić information content (AvgIpc) is 3.28. The molecule has 0 radical (unpaired) electrons. The molecule has 170 valence electrons. The van der Waals surface area contributed by atoms with Gasteiger partial charge in [-0.1, -0.05) is 32.1 Å². The number of benzene rings is 2. The van der Waals surface area contributed by atoms with Crippen LogP contribution in [0.4, 0.5) is 17.2 Å². The van der Waals surface area contributed by atoms with Gasteiger partial charge in [0, 0.05) is 35.1 Å². The number of methoxy groups -OCH3 is 1. The van der Waals surface area contributed by atoms with Crippen molar-refractivity contribution in [2.24, 2.45) is 0 Å². The molecule has 0 saturated carbocycles. The first kappa shape index (κ1) is 22.3. The maximum Gasteiger partial charge on any atom is 0.180 e. The van der Waals surface area contributed by atoms with Crippen LogP contribution in [0, 0.1) is 0 Å². The Kier molecular flexibility index (Phi) is 7.16. The van der Waals surface area contributed by atoms with Gasteiger partial charge in [0.05, 0.1) is 24.5 Å². The van der Waals surface area contributed by atoms with Crippen molar-refractivity contribution in [2.45, 2.75) is 19.8 Å². The van der Waals surface area contributed by atoms with Gasteiger partial charge in [-0.25, -0.2) is 9.97 Å². The Labute approximate surface area is 193 Å². The highest BCUT2D eigenvalue weighted by molar-refractivity contribution is 5.83. The molecule has 0 unspecified atom stereocenters. The van der Waals surface area contributed by atoms with Crippen LogP contribution in [0.5, 0.6) is 5.75 Å². The standard InChI is InChI=1S/C25H28N6O2/c1-4-6-17(2)28-20-8-5-7-18(13-20)24-26-16-23(33-12-11-32-3)25(30-24)29-21-9-10-22-19(14-21)15-27-31-22/h5,7-10,13-16,28H,2,4,6,11-12H2,1,3H3,(H,27,31)(H,26,29,30). The van der Waals surface area contributed by atoms with Gasteiger partial charge in [0.25, 0.3) is 0 Å². The summed E-state index contributed by atoms with van der Waals surface area (Å²) in [6.45, 7) is 7.08. The third kappa shape index (κ3) is 5.67. The van der Waals surface area contributed by atoms with E-state index in [9.17, 15) is 0 Å². The van der Waals surface area contributed by atoms with E-state index < -0.39 is 0 Å². The first-order valence-corrected chi connectivity index (χ1v) is 10.9. The fraction of sp³-hybridized carbons (Fsp3) is 0.240. The van der Waals surface area contributed by atoms with E-state index in [1.54, 1.807) is 19.5 Å². The molecular formula is C25H28N6O2. The largest absolute Gasteiger partial charge is 0.486 e. The molecule has 2 heterocycles. The maximum atomic E-state index is 5.86. The van der Waals surface area contributed by atoms with Gasteiger partial charge in [-0.2, -0.15) is 5.10 Å². The van der Waals surface area contributed by atoms with Crippen molar-refractivity contribution in [1.29, 1.82) is 0 Å². The fourth-order valence-electron chi connectivity index (χ4n) is 3.40. The Hall–Kier alpha value is -3.91. The summed E-state index contributed by atoms with van der Waals surface area (Å²) >= 11 is 0. The fourth-order valence-corrected chi connectivity index (χ4v) is 3.40. The second-order valence-corrected chi connectivity index (χ2v) is 7.60. The predicted octanol–water partition coefficient (Wildman–Crippen LogP) is 5.51. The monoisotopic (exact) mass is 444 g/mol. The summed E-state index contributed by atoms with van der Waals surface area (Å²) in [6.07, 6.45) is 5.43. The average molecular weight is 445 g/mol. The van der Waals surface area contributed by atoms with Crippen molar-refractivity contribution in [3.05, 3.63) is 67.1 Å². The number of hydrogen-bond donors (Lipinski definition) is 3. The summed E-state index contributed by atoms with van der Waals surface area (Å²) in [7, 11) is 1.64. The van der Waals surface area contributed by atoms with Gasteiger partial charge >= 0.3 is 0 Å². The number of rotatable bonds is 11. The van der Waals surface area contributed by atoms with E-state index in [2.05, 4.69) is 39.3 Å². The van der Waals surface area contributed by atoms with E-state index in [1.807, 2.05) is 42.5 Å². The first-order chi connectivity index (χ1) is 16.2. The molecule has 0 amide bonds. The second kappa shape index (κ2) is 10.6. The Morgan fingerprint density at radius 2 is 2.00 bits per heavy atom. The molecule has 8 nitrogen and oxygen atoms in total. The number of ether oxygens (including phenoxy) is 2. The number of hydrogen-bond acceptors (Lipinski definition) is 7. The van der Waals surface area contributed by atoms with Crippen LogP contribution in [-0.2, 0) is 4.74 Å². The number of fused-ring (bicyclic) bond motifs is 1.